The van der Waals surface area contributed by atoms with Crippen LogP contribution in [0.3, 0.4) is 0 Å². The summed E-state index contributed by atoms with van der Waals surface area (Å²) in [5.74, 6) is 0.883. The summed E-state index contributed by atoms with van der Waals surface area (Å²) in [5, 5.41) is 6.01. The van der Waals surface area contributed by atoms with Gasteiger partial charge < -0.3 is 4.98 Å². The Morgan fingerprint density at radius 2 is 1.70 bits per heavy atom. The number of hydrogen-bond donors (Lipinski definition) is 1. The molecule has 0 spiro atoms. The molecule has 4 rings (SSSR count). The molecule has 1 N–H and O–H groups in total. The fourth-order valence-corrected chi connectivity index (χ4v) is 2.64. The first-order valence-electron chi connectivity index (χ1n) is 6.23. The van der Waals surface area contributed by atoms with Gasteiger partial charge in [0.05, 0.1) is 11.0 Å². The number of hydrogen-bond acceptors (Lipinski definition) is 4. The fourth-order valence-electron chi connectivity index (χ4n) is 2.18. The van der Waals surface area contributed by atoms with E-state index in [0.717, 1.165) is 33.7 Å². The van der Waals surface area contributed by atoms with Gasteiger partial charge in [-0.15, -0.1) is 5.10 Å². The number of benzene rings is 2. The highest BCUT2D eigenvalue weighted by Crippen LogP contribution is 2.24. The van der Waals surface area contributed by atoms with Gasteiger partial charge in [-0.3, -0.25) is 0 Å². The highest BCUT2D eigenvalue weighted by atomic mass is 32.1. The van der Waals surface area contributed by atoms with Crippen molar-refractivity contribution in [2.45, 2.75) is 0 Å². The summed E-state index contributed by atoms with van der Waals surface area (Å²) >= 11 is 1.36. The van der Waals surface area contributed by atoms with Crippen LogP contribution in [0.2, 0.25) is 0 Å². The van der Waals surface area contributed by atoms with Crippen molar-refractivity contribution >= 4 is 22.6 Å². The van der Waals surface area contributed by atoms with Crippen LogP contribution in [-0.2, 0) is 0 Å². The van der Waals surface area contributed by atoms with Crippen molar-refractivity contribution < 1.29 is 0 Å². The number of nitrogens with one attached hydrogen (secondary N) is 1. The SMILES string of the molecule is c1ccc2[nH]c(-c3ccc(-c4csnn4)cc3)nc2c1. The van der Waals surface area contributed by atoms with Crippen LogP contribution in [0.1, 0.15) is 0 Å². The highest BCUT2D eigenvalue weighted by molar-refractivity contribution is 7.03. The molecule has 96 valence electrons. The third-order valence-electron chi connectivity index (χ3n) is 3.20. The van der Waals surface area contributed by atoms with Crippen molar-refractivity contribution in [3.63, 3.8) is 0 Å². The first-order valence-corrected chi connectivity index (χ1v) is 7.06. The Balaban J connectivity index is 1.75. The van der Waals surface area contributed by atoms with Crippen molar-refractivity contribution in [2.24, 2.45) is 0 Å². The third kappa shape index (κ3) is 1.88. The molecule has 0 fully saturated rings. The Hall–Kier alpha value is -2.53. The second-order valence-electron chi connectivity index (χ2n) is 4.47. The monoisotopic (exact) mass is 278 g/mol. The molecular formula is C15H10N4S. The van der Waals surface area contributed by atoms with Crippen LogP contribution in [0.5, 0.6) is 0 Å². The molecule has 0 saturated carbocycles. The van der Waals surface area contributed by atoms with Crippen molar-refractivity contribution in [3.8, 4) is 22.6 Å². The molecule has 4 aromatic rings. The van der Waals surface area contributed by atoms with E-state index in [9.17, 15) is 0 Å². The molecule has 2 aromatic heterocycles. The number of aromatic nitrogens is 4. The van der Waals surface area contributed by atoms with Crippen LogP contribution in [0.4, 0.5) is 0 Å². The van der Waals surface area contributed by atoms with Gasteiger partial charge in [-0.2, -0.15) is 0 Å². The molecular weight excluding hydrogens is 268 g/mol. The number of H-pyrrole nitrogens is 1. The quantitative estimate of drug-likeness (QED) is 0.607. The van der Waals surface area contributed by atoms with Crippen molar-refractivity contribution in [1.29, 1.82) is 0 Å². The summed E-state index contributed by atoms with van der Waals surface area (Å²) in [5.41, 5.74) is 5.07. The van der Waals surface area contributed by atoms with Gasteiger partial charge in [0.2, 0.25) is 0 Å². The van der Waals surface area contributed by atoms with Gasteiger partial charge in [-0.05, 0) is 23.7 Å². The number of imidazole rings is 1. The summed E-state index contributed by atoms with van der Waals surface area (Å²) in [4.78, 5) is 7.92. The van der Waals surface area contributed by atoms with Gasteiger partial charge in [-0.1, -0.05) is 40.9 Å². The third-order valence-corrected chi connectivity index (χ3v) is 3.71. The van der Waals surface area contributed by atoms with E-state index >= 15 is 0 Å². The van der Waals surface area contributed by atoms with E-state index in [-0.39, 0.29) is 0 Å². The maximum absolute atomic E-state index is 4.59. The fraction of sp³-hybridized carbons (Fsp3) is 0. The molecule has 5 heteroatoms. The number of para-hydroxylation sites is 2. The molecule has 4 nitrogen and oxygen atoms in total. The topological polar surface area (TPSA) is 54.5 Å². The number of rotatable bonds is 2. The number of fused-ring (bicyclic) bond motifs is 1. The lowest BCUT2D eigenvalue weighted by Crippen LogP contribution is -1.82. The van der Waals surface area contributed by atoms with Gasteiger partial charge >= 0.3 is 0 Å². The van der Waals surface area contributed by atoms with E-state index in [1.165, 1.54) is 11.5 Å². The van der Waals surface area contributed by atoms with E-state index in [1.54, 1.807) is 0 Å². The minimum Gasteiger partial charge on any atom is -0.338 e. The minimum atomic E-state index is 0.883. The van der Waals surface area contributed by atoms with Crippen LogP contribution in [0, 0.1) is 0 Å². The maximum atomic E-state index is 4.59. The molecule has 2 aromatic carbocycles. The van der Waals surface area contributed by atoms with Gasteiger partial charge in [0, 0.05) is 16.5 Å². The summed E-state index contributed by atoms with van der Waals surface area (Å²) < 4.78 is 3.88. The van der Waals surface area contributed by atoms with Gasteiger partial charge in [0.25, 0.3) is 0 Å². The van der Waals surface area contributed by atoms with Gasteiger partial charge in [0.1, 0.15) is 11.5 Å². The Morgan fingerprint density at radius 3 is 2.45 bits per heavy atom. The number of aromatic amines is 1. The molecule has 0 aliphatic heterocycles. The lowest BCUT2D eigenvalue weighted by Gasteiger charge is -1.99. The van der Waals surface area contributed by atoms with Crippen LogP contribution < -0.4 is 0 Å². The second kappa shape index (κ2) is 4.54. The lowest BCUT2D eigenvalue weighted by atomic mass is 10.1. The molecule has 0 radical (unpaired) electrons. The molecule has 0 aliphatic carbocycles. The molecule has 0 aliphatic rings. The van der Waals surface area contributed by atoms with Crippen molar-refractivity contribution in [3.05, 3.63) is 53.9 Å². The smallest absolute Gasteiger partial charge is 0.138 e. The molecule has 0 unspecified atom stereocenters. The highest BCUT2D eigenvalue weighted by Gasteiger charge is 2.06. The normalized spacial score (nSPS) is 11.0. The number of nitrogens with zero attached hydrogens (tertiary/aromatic N) is 3. The van der Waals surface area contributed by atoms with E-state index in [2.05, 4.69) is 19.6 Å². The Labute approximate surface area is 119 Å². The average molecular weight is 278 g/mol. The van der Waals surface area contributed by atoms with Gasteiger partial charge in [0.15, 0.2) is 0 Å². The van der Waals surface area contributed by atoms with Crippen LogP contribution >= 0.6 is 11.5 Å². The molecule has 20 heavy (non-hydrogen) atoms. The average Bonchev–Trinajstić information content (AvgIpc) is 3.17. The summed E-state index contributed by atoms with van der Waals surface area (Å²) in [7, 11) is 0. The predicted octanol–water partition coefficient (Wildman–Crippen LogP) is 3.75. The second-order valence-corrected chi connectivity index (χ2v) is 5.08. The summed E-state index contributed by atoms with van der Waals surface area (Å²) in [6.07, 6.45) is 0. The molecule has 0 saturated heterocycles. The van der Waals surface area contributed by atoms with Crippen molar-refractivity contribution in [2.75, 3.05) is 0 Å². The van der Waals surface area contributed by atoms with Crippen molar-refractivity contribution in [1.82, 2.24) is 19.6 Å². The zero-order valence-electron chi connectivity index (χ0n) is 10.4. The summed E-state index contributed by atoms with van der Waals surface area (Å²) in [6, 6.07) is 16.2. The van der Waals surface area contributed by atoms with Gasteiger partial charge in [-0.25, -0.2) is 4.98 Å². The first kappa shape index (κ1) is 11.3. The predicted molar refractivity (Wildman–Crippen MR) is 80.4 cm³/mol. The Morgan fingerprint density at radius 1 is 0.900 bits per heavy atom. The zero-order valence-corrected chi connectivity index (χ0v) is 11.3. The molecule has 0 atom stereocenters. The first-order chi connectivity index (χ1) is 9.90. The van der Waals surface area contributed by atoms with E-state index in [0.29, 0.717) is 0 Å². The van der Waals surface area contributed by atoms with E-state index in [1.807, 2.05) is 53.9 Å². The standard InChI is InChI=1S/C15H10N4S/c1-2-4-13-12(3-1)16-15(17-13)11-7-5-10(6-8-11)14-9-20-19-18-14/h1-9H,(H,16,17). The minimum absolute atomic E-state index is 0.883. The maximum Gasteiger partial charge on any atom is 0.138 e. The molecule has 2 heterocycles. The Bertz CT molecular complexity index is 814. The van der Waals surface area contributed by atoms with E-state index < -0.39 is 0 Å². The summed E-state index contributed by atoms with van der Waals surface area (Å²) in [6.45, 7) is 0. The zero-order chi connectivity index (χ0) is 13.4. The van der Waals surface area contributed by atoms with Crippen LogP contribution in [0.15, 0.2) is 53.9 Å². The Kier molecular flexibility index (Phi) is 2.57. The van der Waals surface area contributed by atoms with Crippen LogP contribution in [0.25, 0.3) is 33.7 Å². The molecule has 0 amide bonds. The van der Waals surface area contributed by atoms with E-state index in [4.69, 9.17) is 0 Å². The van der Waals surface area contributed by atoms with Crippen LogP contribution in [-0.4, -0.2) is 19.6 Å². The largest absolute Gasteiger partial charge is 0.338 e. The lowest BCUT2D eigenvalue weighted by molar-refractivity contribution is 1.16. The molecule has 0 bridgehead atoms.